The van der Waals surface area contributed by atoms with Gasteiger partial charge in [-0.1, -0.05) is 122 Å². The van der Waals surface area contributed by atoms with Gasteiger partial charge < -0.3 is 44.8 Å². The van der Waals surface area contributed by atoms with Crippen LogP contribution < -0.4 is 0 Å². The molecule has 15 nitrogen and oxygen atoms in total. The topological polar surface area (TPSA) is 239 Å². The Morgan fingerprint density at radius 1 is 0.317 bits per heavy atom. The molecule has 123 heavy (non-hydrogen) atoms. The molecule has 15 heteroatoms. The lowest BCUT2D eigenvalue weighted by Crippen LogP contribution is -2.57. The Bertz CT molecular complexity index is 3740. The number of rotatable bonds is 18. The largest absolute Gasteiger partial charge is 0.478 e. The zero-order valence-corrected chi connectivity index (χ0v) is 80.0. The number of carboxylic acids is 3. The Morgan fingerprint density at radius 2 is 0.537 bits per heavy atom. The fourth-order valence-electron chi connectivity index (χ4n) is 36.0. The van der Waals surface area contributed by atoms with E-state index in [1.165, 1.54) is 173 Å². The fourth-order valence-corrected chi connectivity index (χ4v) is 36.0. The van der Waals surface area contributed by atoms with Gasteiger partial charge in [-0.3, -0.25) is 15.0 Å². The van der Waals surface area contributed by atoms with Crippen molar-refractivity contribution in [1.82, 2.24) is 15.0 Å². The minimum Gasteiger partial charge on any atom is -0.478 e. The van der Waals surface area contributed by atoms with Gasteiger partial charge in [0.15, 0.2) is 0 Å². The third-order valence-corrected chi connectivity index (χ3v) is 42.1. The summed E-state index contributed by atoms with van der Waals surface area (Å²) < 4.78 is 18.0. The highest BCUT2D eigenvalue weighted by Gasteiger charge is 2.86. The maximum absolute atomic E-state index is 11.2. The van der Waals surface area contributed by atoms with E-state index in [1.807, 2.05) is 75.9 Å². The van der Waals surface area contributed by atoms with Gasteiger partial charge in [-0.25, -0.2) is 14.4 Å². The van der Waals surface area contributed by atoms with Gasteiger partial charge in [0.2, 0.25) is 0 Å². The van der Waals surface area contributed by atoms with Crippen LogP contribution in [0.4, 0.5) is 0 Å². The second kappa shape index (κ2) is 35.3. The van der Waals surface area contributed by atoms with Crippen molar-refractivity contribution < 1.29 is 59.2 Å². The lowest BCUT2D eigenvalue weighted by molar-refractivity contribution is -0.166. The average Bonchev–Trinajstić information content (AvgIpc) is 1.48. The van der Waals surface area contributed by atoms with Crippen molar-refractivity contribution in [2.45, 2.75) is 354 Å². The van der Waals surface area contributed by atoms with Crippen LogP contribution in [0.5, 0.6) is 0 Å². The number of carboxylic acid groups (broad SMARTS) is 3. The van der Waals surface area contributed by atoms with E-state index in [0.717, 1.165) is 35.5 Å². The summed E-state index contributed by atoms with van der Waals surface area (Å²) in [5.74, 6) is 5.06. The second-order valence-corrected chi connectivity index (χ2v) is 47.1. The molecule has 684 valence electrons. The molecule has 0 unspecified atom stereocenters. The van der Waals surface area contributed by atoms with E-state index in [1.54, 1.807) is 76.2 Å². The Kier molecular flexibility index (Phi) is 27.4. The number of aliphatic hydroxyl groups excluding tert-OH is 3. The van der Waals surface area contributed by atoms with Crippen LogP contribution in [0.1, 0.15) is 317 Å². The SMILES string of the molecule is CO[C@@H]1CC[C@]23C[C@]24CC[C@]2(C)[C@@H]([C@H](C)C[C@H](O)/C=C(\C)C(=O)O)CC[C@@]2(C)[C@@H]4CC[C@H]3C1(C)C.CO[C@@H]1CC[C@]23C[C@]24CC[C@]2(C)[C@@H]([C@H](C)C[C@H](O)/C=C(\C)C(=O)O)CC[C@@]2(C)[C@@H]4CC[C@H]3C1(C)C.CO[C@@H]1CC[C@]23C[C@]24CC[C@]2(C)[C@@H]([C@H](C)C[C@H](O)/C=C(\C)C(=O)O)CC[C@@]2(C)[C@@H]4CC[C@H]3C1(C)C.c1ccncc1.c1ccncc1.c1ccncc1. The average molecular weight is 1700 g/mol. The van der Waals surface area contributed by atoms with Crippen molar-refractivity contribution in [3.8, 4) is 0 Å². The van der Waals surface area contributed by atoms with Gasteiger partial charge >= 0.3 is 17.9 Å². The van der Waals surface area contributed by atoms with E-state index in [-0.39, 0.29) is 33.0 Å². The highest BCUT2D eigenvalue weighted by atomic mass is 16.5. The molecule has 0 amide bonds. The second-order valence-electron chi connectivity index (χ2n) is 47.1. The number of hydrogen-bond donors (Lipinski definition) is 6. The van der Waals surface area contributed by atoms with Gasteiger partial charge in [0.05, 0.1) is 36.6 Å². The van der Waals surface area contributed by atoms with Crippen LogP contribution in [0.3, 0.4) is 0 Å². The standard InChI is InChI=1S/3C31H50O4.3C5H5N/c3*1-19(16-21(32)17-20(2)26(33)34)22-10-12-29(6)24-9-8-23-27(3,4)25(35-7)11-13-30(23)18-31(24,30)15-14-28(22,29)5;3*1-2-4-6-5-3-1/h3*17,19,21-25,32H,8-16,18H2,1-7H3,(H,33,34);3*1-5H/b3*20-17+;;;/t3*19-,21+,22-,23+,24+,25-,28-,29+,30-,31+;;;/m111.../s1. The molecule has 0 radical (unpaired) electrons. The molecule has 0 aliphatic heterocycles. The smallest absolute Gasteiger partial charge is 0.331 e. The van der Waals surface area contributed by atoms with Crippen LogP contribution >= 0.6 is 0 Å². The lowest BCUT2D eigenvalue weighted by atomic mass is 9.41. The first kappa shape index (κ1) is 95.4. The number of carbonyl (C=O) groups is 3. The minimum atomic E-state index is -0.939. The number of aliphatic hydroxyl groups is 3. The molecule has 15 saturated carbocycles. The number of methoxy groups -OCH3 is 3. The summed E-state index contributed by atoms with van der Waals surface area (Å²) in [7, 11) is 5.75. The van der Waals surface area contributed by atoms with Crippen LogP contribution in [-0.2, 0) is 28.6 Å². The molecule has 15 fully saturated rings. The highest BCUT2D eigenvalue weighted by molar-refractivity contribution is 5.86. The third-order valence-electron chi connectivity index (χ3n) is 42.1. The van der Waals surface area contributed by atoms with Crippen molar-refractivity contribution in [2.75, 3.05) is 21.3 Å². The normalized spacial score (nSPS) is 43.7. The molecule has 3 aromatic rings. The van der Waals surface area contributed by atoms with Crippen molar-refractivity contribution in [2.24, 2.45) is 152 Å². The fraction of sp³-hybridized carbons (Fsp3) is 0.778. The molecule has 3 aromatic heterocycles. The number of nitrogens with zero attached hydrogens (tertiary/aromatic N) is 3. The quantitative estimate of drug-likeness (QED) is 0.0649. The lowest BCUT2D eigenvalue weighted by Gasteiger charge is -2.63. The van der Waals surface area contributed by atoms with E-state index in [2.05, 4.69) is 119 Å². The summed E-state index contributed by atoms with van der Waals surface area (Å²) in [5.41, 5.74) is 6.92. The molecule has 18 rings (SSSR count). The van der Waals surface area contributed by atoms with Crippen molar-refractivity contribution in [1.29, 1.82) is 0 Å². The van der Waals surface area contributed by atoms with E-state index >= 15 is 0 Å². The van der Waals surface area contributed by atoms with Crippen LogP contribution in [0.2, 0.25) is 0 Å². The predicted octanol–water partition coefficient (Wildman–Crippen LogP) is 23.8. The summed E-state index contributed by atoms with van der Waals surface area (Å²) in [4.78, 5) is 45.0. The van der Waals surface area contributed by atoms with E-state index < -0.39 is 36.2 Å². The first-order valence-corrected chi connectivity index (χ1v) is 48.8. The highest BCUT2D eigenvalue weighted by Crippen LogP contribution is 2.93. The predicted molar refractivity (Wildman–Crippen MR) is 489 cm³/mol. The van der Waals surface area contributed by atoms with Gasteiger partial charge in [0, 0.05) is 75.2 Å². The zero-order chi connectivity index (χ0) is 89.5. The number of fused-ring (bicyclic) bond motifs is 6. The monoisotopic (exact) mass is 1700 g/mol. The molecule has 15 aliphatic carbocycles. The molecule has 15 aliphatic rings. The Hall–Kier alpha value is -5.16. The van der Waals surface area contributed by atoms with Crippen LogP contribution in [-0.4, -0.2) is 121 Å². The zero-order valence-electron chi connectivity index (χ0n) is 80.0. The van der Waals surface area contributed by atoms with Gasteiger partial charge in [-0.15, -0.1) is 0 Å². The Labute approximate surface area is 742 Å². The molecule has 3 heterocycles. The number of aromatic nitrogens is 3. The van der Waals surface area contributed by atoms with E-state index in [9.17, 15) is 45.0 Å². The van der Waals surface area contributed by atoms with Crippen LogP contribution in [0, 0.1) is 152 Å². The summed E-state index contributed by atoms with van der Waals surface area (Å²) >= 11 is 0. The molecule has 0 aromatic carbocycles. The van der Waals surface area contributed by atoms with Crippen molar-refractivity contribution in [3.63, 3.8) is 0 Å². The van der Waals surface area contributed by atoms with Gasteiger partial charge in [0.25, 0.3) is 0 Å². The van der Waals surface area contributed by atoms with Crippen LogP contribution in [0.25, 0.3) is 0 Å². The molecular weight excluding hydrogens is 1530 g/mol. The molecule has 30 atom stereocenters. The number of ether oxygens (including phenoxy) is 3. The summed E-state index contributed by atoms with van der Waals surface area (Å²) in [6, 6.07) is 17.1. The Morgan fingerprint density at radius 3 is 0.732 bits per heavy atom. The van der Waals surface area contributed by atoms with E-state index in [4.69, 9.17) is 14.2 Å². The minimum absolute atomic E-state index is 0.244. The number of pyridine rings is 3. The van der Waals surface area contributed by atoms with Crippen molar-refractivity contribution >= 4 is 17.9 Å². The maximum atomic E-state index is 11.2. The summed E-state index contributed by atoms with van der Waals surface area (Å²) in [6.45, 7) is 42.3. The molecule has 0 saturated heterocycles. The first-order chi connectivity index (χ1) is 57.9. The van der Waals surface area contributed by atoms with Gasteiger partial charge in [-0.05, 0) is 420 Å². The van der Waals surface area contributed by atoms with Gasteiger partial charge in [-0.2, -0.15) is 0 Å². The molecule has 6 spiro atoms. The molecular formula is C108H165N3O12. The third kappa shape index (κ3) is 15.7. The van der Waals surface area contributed by atoms with Gasteiger partial charge in [0.1, 0.15) is 0 Å². The van der Waals surface area contributed by atoms with E-state index in [0.29, 0.717) is 138 Å². The molecule has 6 N–H and O–H groups in total. The maximum Gasteiger partial charge on any atom is 0.331 e. The van der Waals surface area contributed by atoms with Crippen molar-refractivity contribution in [3.05, 3.63) is 127 Å². The summed E-state index contributed by atoms with van der Waals surface area (Å²) in [6.07, 6.45) is 52.5. The number of aliphatic carboxylic acids is 3. The summed E-state index contributed by atoms with van der Waals surface area (Å²) in [5, 5.41) is 59.5. The Balaban J connectivity index is 0.000000143. The first-order valence-electron chi connectivity index (χ1n) is 48.8. The number of hydrogen-bond acceptors (Lipinski definition) is 12. The molecule has 0 bridgehead atoms. The van der Waals surface area contributed by atoms with Crippen LogP contribution in [0.15, 0.2) is 127 Å².